The van der Waals surface area contributed by atoms with Crippen LogP contribution in [0.15, 0.2) is 186 Å². The van der Waals surface area contributed by atoms with Crippen LogP contribution in [0.2, 0.25) is 0 Å². The van der Waals surface area contributed by atoms with Crippen LogP contribution in [0.25, 0.3) is 45.3 Å². The molecular formula is C46H35N3. The maximum Gasteiger partial charge on any atom is 0.164 e. The smallest absolute Gasteiger partial charge is 0.164 e. The van der Waals surface area contributed by atoms with E-state index in [1.54, 1.807) is 0 Å². The third-order valence-electron chi connectivity index (χ3n) is 10.2. The van der Waals surface area contributed by atoms with Gasteiger partial charge in [0.1, 0.15) is 0 Å². The van der Waals surface area contributed by atoms with Crippen molar-refractivity contribution >= 4 is 0 Å². The van der Waals surface area contributed by atoms with Gasteiger partial charge in [-0.05, 0) is 76.3 Å². The van der Waals surface area contributed by atoms with Gasteiger partial charge in [0.15, 0.2) is 17.5 Å². The molecule has 3 nitrogen and oxygen atoms in total. The Morgan fingerprint density at radius 2 is 0.816 bits per heavy atom. The van der Waals surface area contributed by atoms with Gasteiger partial charge in [0.2, 0.25) is 0 Å². The third-order valence-corrected chi connectivity index (χ3v) is 10.2. The van der Waals surface area contributed by atoms with E-state index in [-0.39, 0.29) is 5.41 Å². The molecule has 0 bridgehead atoms. The summed E-state index contributed by atoms with van der Waals surface area (Å²) in [7, 11) is 0. The minimum atomic E-state index is -0.331. The average molecular weight is 630 g/mol. The van der Waals surface area contributed by atoms with Crippen LogP contribution < -0.4 is 0 Å². The fourth-order valence-corrected chi connectivity index (χ4v) is 8.03. The Labute approximate surface area is 287 Å². The molecule has 5 aromatic carbocycles. The quantitative estimate of drug-likeness (QED) is 0.184. The van der Waals surface area contributed by atoms with E-state index in [1.807, 2.05) is 24.3 Å². The van der Waals surface area contributed by atoms with E-state index in [1.165, 1.54) is 39.0 Å². The summed E-state index contributed by atoms with van der Waals surface area (Å²) in [6, 6.07) is 49.3. The van der Waals surface area contributed by atoms with Crippen LogP contribution in [0.5, 0.6) is 0 Å². The van der Waals surface area contributed by atoms with Crippen LogP contribution in [0.1, 0.15) is 36.8 Å². The van der Waals surface area contributed by atoms with Crippen molar-refractivity contribution in [3.05, 3.63) is 197 Å². The predicted molar refractivity (Wildman–Crippen MR) is 200 cm³/mol. The molecule has 1 heterocycles. The minimum absolute atomic E-state index is 0.331. The lowest BCUT2D eigenvalue weighted by Crippen LogP contribution is -2.32. The molecule has 6 aromatic rings. The maximum absolute atomic E-state index is 5.16. The van der Waals surface area contributed by atoms with Crippen LogP contribution in [0, 0.1) is 0 Å². The molecule has 3 aliphatic carbocycles. The van der Waals surface area contributed by atoms with Crippen LogP contribution in [-0.2, 0) is 5.41 Å². The molecule has 0 amide bonds. The van der Waals surface area contributed by atoms with Crippen molar-refractivity contribution in [2.24, 2.45) is 0 Å². The van der Waals surface area contributed by atoms with Crippen LogP contribution in [-0.4, -0.2) is 15.0 Å². The highest BCUT2D eigenvalue weighted by Gasteiger charge is 2.48. The summed E-state index contributed by atoms with van der Waals surface area (Å²) in [6.45, 7) is 0. The molecule has 0 spiro atoms. The molecule has 234 valence electrons. The average Bonchev–Trinajstić information content (AvgIpc) is 3.50. The summed E-state index contributed by atoms with van der Waals surface area (Å²) in [6.07, 6.45) is 13.6. The zero-order valence-corrected chi connectivity index (χ0v) is 27.3. The van der Waals surface area contributed by atoms with Gasteiger partial charge in [-0.3, -0.25) is 0 Å². The van der Waals surface area contributed by atoms with E-state index < -0.39 is 0 Å². The molecule has 0 saturated carbocycles. The van der Waals surface area contributed by atoms with Crippen LogP contribution in [0.4, 0.5) is 0 Å². The fraction of sp³-hybridized carbons (Fsp3) is 0.109. The molecular weight excluding hydrogens is 595 g/mol. The minimum Gasteiger partial charge on any atom is -0.208 e. The lowest BCUT2D eigenvalue weighted by Gasteiger charge is -2.39. The van der Waals surface area contributed by atoms with Gasteiger partial charge in [-0.2, -0.15) is 0 Å². The monoisotopic (exact) mass is 629 g/mol. The Balaban J connectivity index is 1.22. The van der Waals surface area contributed by atoms with E-state index in [2.05, 4.69) is 140 Å². The summed E-state index contributed by atoms with van der Waals surface area (Å²) in [5.74, 6) is 2.01. The van der Waals surface area contributed by atoms with Gasteiger partial charge < -0.3 is 0 Å². The van der Waals surface area contributed by atoms with Crippen molar-refractivity contribution in [2.75, 3.05) is 0 Å². The topological polar surface area (TPSA) is 38.7 Å². The number of hydrogen-bond acceptors (Lipinski definition) is 3. The largest absolute Gasteiger partial charge is 0.208 e. The molecule has 1 aromatic heterocycles. The van der Waals surface area contributed by atoms with Crippen LogP contribution in [0.3, 0.4) is 0 Å². The van der Waals surface area contributed by atoms with E-state index in [4.69, 9.17) is 15.0 Å². The Bertz CT molecular complexity index is 2260. The number of fused-ring (bicyclic) bond motifs is 1. The van der Waals surface area contributed by atoms with E-state index >= 15 is 0 Å². The standard InChI is InChI=1S/C46H35N3/c1-4-15-32(16-5-1)33-27-29-35(30-28-33)44-47-43(34-17-6-2-7-18-34)48-45(49-44)36-19-14-22-38(31-36)46(37-20-8-3-9-21-37)41-25-12-10-23-39(41)40-24-11-13-26-42(40)46/h1-11,14-24,27-31H,12-13,25-26H2. The van der Waals surface area contributed by atoms with Crippen molar-refractivity contribution in [3.63, 3.8) is 0 Å². The van der Waals surface area contributed by atoms with Crippen molar-refractivity contribution in [3.8, 4) is 45.3 Å². The summed E-state index contributed by atoms with van der Waals surface area (Å²) in [5, 5.41) is 0. The molecule has 0 radical (unpaired) electrons. The molecule has 0 unspecified atom stereocenters. The number of benzene rings is 5. The maximum atomic E-state index is 5.16. The molecule has 3 aliphatic rings. The lowest BCUT2D eigenvalue weighted by atomic mass is 9.63. The summed E-state index contributed by atoms with van der Waals surface area (Å²) in [4.78, 5) is 15.3. The van der Waals surface area contributed by atoms with Gasteiger partial charge in [-0.15, -0.1) is 0 Å². The van der Waals surface area contributed by atoms with Crippen molar-refractivity contribution in [2.45, 2.75) is 31.1 Å². The van der Waals surface area contributed by atoms with E-state index in [0.29, 0.717) is 17.5 Å². The molecule has 3 heteroatoms. The highest BCUT2D eigenvalue weighted by Crippen LogP contribution is 2.58. The number of aromatic nitrogens is 3. The first-order chi connectivity index (χ1) is 24.3. The van der Waals surface area contributed by atoms with Gasteiger partial charge in [-0.25, -0.2) is 15.0 Å². The van der Waals surface area contributed by atoms with Crippen molar-refractivity contribution < 1.29 is 0 Å². The molecule has 0 fully saturated rings. The molecule has 0 N–H and O–H groups in total. The fourth-order valence-electron chi connectivity index (χ4n) is 8.03. The summed E-state index contributed by atoms with van der Waals surface area (Å²) >= 11 is 0. The number of hydrogen-bond donors (Lipinski definition) is 0. The number of nitrogens with zero attached hydrogens (tertiary/aromatic N) is 3. The highest BCUT2D eigenvalue weighted by molar-refractivity contribution is 5.76. The van der Waals surface area contributed by atoms with Crippen LogP contribution >= 0.6 is 0 Å². The van der Waals surface area contributed by atoms with Gasteiger partial charge in [0.25, 0.3) is 0 Å². The zero-order valence-electron chi connectivity index (χ0n) is 27.3. The Hall–Kier alpha value is -5.93. The van der Waals surface area contributed by atoms with Gasteiger partial charge >= 0.3 is 0 Å². The van der Waals surface area contributed by atoms with Crippen molar-refractivity contribution in [1.29, 1.82) is 0 Å². The Morgan fingerprint density at radius 1 is 0.388 bits per heavy atom. The van der Waals surface area contributed by atoms with E-state index in [9.17, 15) is 0 Å². The van der Waals surface area contributed by atoms with Gasteiger partial charge in [0.05, 0.1) is 5.41 Å². The second-order valence-electron chi connectivity index (χ2n) is 13.0. The first kappa shape index (κ1) is 29.2. The lowest BCUT2D eigenvalue weighted by molar-refractivity contribution is 0.643. The second-order valence-corrected chi connectivity index (χ2v) is 13.0. The number of allylic oxidation sites excluding steroid dienone is 8. The predicted octanol–water partition coefficient (Wildman–Crippen LogP) is 11.1. The SMILES string of the molecule is C1=CC2=C(CC1)C(c1ccccc1)(c1cccc(-c3nc(-c4ccccc4)nc(-c4ccc(-c5ccccc5)cc4)n3)c1)C1=C2C=CCC1. The Morgan fingerprint density at radius 3 is 1.41 bits per heavy atom. The summed E-state index contributed by atoms with van der Waals surface area (Å²) < 4.78 is 0. The van der Waals surface area contributed by atoms with Gasteiger partial charge in [0, 0.05) is 16.7 Å². The molecule has 9 rings (SSSR count). The third kappa shape index (κ3) is 5.01. The summed E-state index contributed by atoms with van der Waals surface area (Å²) in [5.41, 5.74) is 13.4. The first-order valence-corrected chi connectivity index (χ1v) is 17.2. The molecule has 0 aliphatic heterocycles. The molecule has 0 saturated heterocycles. The molecule has 0 atom stereocenters. The number of rotatable bonds is 6. The molecule has 49 heavy (non-hydrogen) atoms. The van der Waals surface area contributed by atoms with E-state index in [0.717, 1.165) is 47.9 Å². The Kier molecular flexibility index (Phi) is 7.31. The van der Waals surface area contributed by atoms with Gasteiger partial charge in [-0.1, -0.05) is 158 Å². The van der Waals surface area contributed by atoms with Crippen molar-refractivity contribution in [1.82, 2.24) is 15.0 Å². The first-order valence-electron chi connectivity index (χ1n) is 17.2. The second kappa shape index (κ2) is 12.3. The zero-order chi connectivity index (χ0) is 32.6. The normalized spacial score (nSPS) is 16.1. The highest BCUT2D eigenvalue weighted by atomic mass is 15.0.